The van der Waals surface area contributed by atoms with Crippen molar-refractivity contribution in [2.24, 2.45) is 0 Å². The molecule has 2 amide bonds. The van der Waals surface area contributed by atoms with Crippen LogP contribution in [0.5, 0.6) is 5.75 Å². The van der Waals surface area contributed by atoms with E-state index in [1.807, 2.05) is 6.92 Å². The van der Waals surface area contributed by atoms with E-state index < -0.39 is 5.91 Å². The summed E-state index contributed by atoms with van der Waals surface area (Å²) in [6.45, 7) is 1.85. The second kappa shape index (κ2) is 6.04. The Morgan fingerprint density at radius 3 is 2.62 bits per heavy atom. The van der Waals surface area contributed by atoms with Crippen molar-refractivity contribution in [2.75, 3.05) is 12.4 Å². The van der Waals surface area contributed by atoms with Crippen LogP contribution in [0.25, 0.3) is 0 Å². The van der Waals surface area contributed by atoms with Gasteiger partial charge in [-0.1, -0.05) is 11.6 Å². The Morgan fingerprint density at radius 2 is 1.95 bits per heavy atom. The zero-order valence-corrected chi connectivity index (χ0v) is 11.7. The van der Waals surface area contributed by atoms with Crippen LogP contribution in [0.15, 0.2) is 36.5 Å². The number of carbonyl (C=O) groups is 2. The van der Waals surface area contributed by atoms with Gasteiger partial charge in [-0.3, -0.25) is 9.59 Å². The lowest BCUT2D eigenvalue weighted by Gasteiger charge is -2.11. The van der Waals surface area contributed by atoms with Crippen molar-refractivity contribution in [1.82, 2.24) is 10.3 Å². The molecule has 0 aliphatic heterocycles. The van der Waals surface area contributed by atoms with Crippen LogP contribution in [-0.2, 0) is 0 Å². The smallest absolute Gasteiger partial charge is 0.278 e. The van der Waals surface area contributed by atoms with Crippen molar-refractivity contribution < 1.29 is 14.7 Å². The molecule has 6 nitrogen and oxygen atoms in total. The Hall–Kier alpha value is -2.89. The zero-order valence-electron chi connectivity index (χ0n) is 11.7. The second-order valence-electron chi connectivity index (χ2n) is 4.45. The maximum Gasteiger partial charge on any atom is 0.278 e. The fourth-order valence-corrected chi connectivity index (χ4v) is 1.84. The maximum atomic E-state index is 12.1. The second-order valence-corrected chi connectivity index (χ2v) is 4.45. The van der Waals surface area contributed by atoms with Gasteiger partial charge in [-0.15, -0.1) is 0 Å². The van der Waals surface area contributed by atoms with Crippen LogP contribution in [-0.4, -0.2) is 29.0 Å². The van der Waals surface area contributed by atoms with E-state index in [-0.39, 0.29) is 17.4 Å². The fourth-order valence-electron chi connectivity index (χ4n) is 1.84. The van der Waals surface area contributed by atoms with E-state index in [4.69, 9.17) is 0 Å². The number of aryl methyl sites for hydroxylation is 1. The number of aromatic nitrogens is 1. The minimum atomic E-state index is -0.581. The fraction of sp³-hybridized carbons (Fsp3) is 0.133. The monoisotopic (exact) mass is 285 g/mol. The SMILES string of the molecule is CNC(=O)c1cc(C)ccc1NC(=O)c1ncccc1O. The number of amides is 2. The minimum Gasteiger partial charge on any atom is -0.505 e. The first kappa shape index (κ1) is 14.5. The van der Waals surface area contributed by atoms with Crippen LogP contribution in [0.3, 0.4) is 0 Å². The Labute approximate surface area is 121 Å². The number of benzene rings is 1. The number of hydrogen-bond donors (Lipinski definition) is 3. The van der Waals surface area contributed by atoms with E-state index in [0.29, 0.717) is 11.3 Å². The van der Waals surface area contributed by atoms with Gasteiger partial charge in [-0.25, -0.2) is 4.98 Å². The number of aromatic hydroxyl groups is 1. The van der Waals surface area contributed by atoms with Crippen molar-refractivity contribution in [3.05, 3.63) is 53.3 Å². The number of nitrogens with one attached hydrogen (secondary N) is 2. The standard InChI is InChI=1S/C15H15N3O3/c1-9-5-6-11(10(8-9)14(20)16-2)18-15(21)13-12(19)4-3-7-17-13/h3-8,19H,1-2H3,(H,16,20)(H,18,21). The van der Waals surface area contributed by atoms with Gasteiger partial charge in [0.05, 0.1) is 11.3 Å². The van der Waals surface area contributed by atoms with Crippen LogP contribution in [0.4, 0.5) is 5.69 Å². The molecule has 0 aliphatic carbocycles. The van der Waals surface area contributed by atoms with Crippen LogP contribution < -0.4 is 10.6 Å². The van der Waals surface area contributed by atoms with Crippen molar-refractivity contribution in [2.45, 2.75) is 6.92 Å². The number of anilines is 1. The highest BCUT2D eigenvalue weighted by Gasteiger charge is 2.16. The summed E-state index contributed by atoms with van der Waals surface area (Å²) < 4.78 is 0. The number of carbonyl (C=O) groups excluding carboxylic acids is 2. The first-order chi connectivity index (χ1) is 10.0. The first-order valence-corrected chi connectivity index (χ1v) is 6.31. The largest absolute Gasteiger partial charge is 0.505 e. The first-order valence-electron chi connectivity index (χ1n) is 6.31. The molecule has 21 heavy (non-hydrogen) atoms. The van der Waals surface area contributed by atoms with Gasteiger partial charge in [-0.05, 0) is 31.2 Å². The van der Waals surface area contributed by atoms with Gasteiger partial charge in [0.1, 0.15) is 5.75 Å². The van der Waals surface area contributed by atoms with Gasteiger partial charge in [0.15, 0.2) is 5.69 Å². The van der Waals surface area contributed by atoms with E-state index in [0.717, 1.165) is 5.56 Å². The Balaban J connectivity index is 2.34. The number of pyridine rings is 1. The Bertz CT molecular complexity index is 698. The van der Waals surface area contributed by atoms with Crippen LogP contribution in [0.2, 0.25) is 0 Å². The average molecular weight is 285 g/mol. The number of rotatable bonds is 3. The van der Waals surface area contributed by atoms with Crippen molar-refractivity contribution in [3.63, 3.8) is 0 Å². The summed E-state index contributed by atoms with van der Waals surface area (Å²) >= 11 is 0. The Kier molecular flexibility index (Phi) is 4.18. The highest BCUT2D eigenvalue weighted by Crippen LogP contribution is 2.20. The molecule has 2 aromatic rings. The van der Waals surface area contributed by atoms with Gasteiger partial charge in [0, 0.05) is 13.2 Å². The lowest BCUT2D eigenvalue weighted by atomic mass is 10.1. The summed E-state index contributed by atoms with van der Waals surface area (Å²) in [5, 5.41) is 14.7. The summed E-state index contributed by atoms with van der Waals surface area (Å²) in [4.78, 5) is 27.8. The zero-order chi connectivity index (χ0) is 15.4. The molecule has 0 saturated heterocycles. The van der Waals surface area contributed by atoms with E-state index in [1.165, 1.54) is 25.4 Å². The molecule has 6 heteroatoms. The van der Waals surface area contributed by atoms with Crippen LogP contribution >= 0.6 is 0 Å². The highest BCUT2D eigenvalue weighted by atomic mass is 16.3. The van der Waals surface area contributed by atoms with Gasteiger partial charge >= 0.3 is 0 Å². The normalized spacial score (nSPS) is 10.0. The summed E-state index contributed by atoms with van der Waals surface area (Å²) in [6.07, 6.45) is 1.41. The van der Waals surface area contributed by atoms with Gasteiger partial charge in [0.2, 0.25) is 0 Å². The predicted octanol–water partition coefficient (Wildman–Crippen LogP) is 1.71. The molecule has 2 rings (SSSR count). The van der Waals surface area contributed by atoms with E-state index in [9.17, 15) is 14.7 Å². The molecular formula is C15H15N3O3. The lowest BCUT2D eigenvalue weighted by molar-refractivity contribution is 0.0964. The van der Waals surface area contributed by atoms with E-state index >= 15 is 0 Å². The molecule has 108 valence electrons. The highest BCUT2D eigenvalue weighted by molar-refractivity contribution is 6.09. The number of nitrogens with zero attached hydrogens (tertiary/aromatic N) is 1. The third kappa shape index (κ3) is 3.17. The molecule has 0 saturated carbocycles. The average Bonchev–Trinajstić information content (AvgIpc) is 2.48. The molecule has 0 bridgehead atoms. The molecule has 0 fully saturated rings. The lowest BCUT2D eigenvalue weighted by Crippen LogP contribution is -2.22. The van der Waals surface area contributed by atoms with Crippen molar-refractivity contribution in [1.29, 1.82) is 0 Å². The molecule has 0 aliphatic rings. The maximum absolute atomic E-state index is 12.1. The van der Waals surface area contributed by atoms with E-state index in [1.54, 1.807) is 18.2 Å². The molecule has 0 radical (unpaired) electrons. The summed E-state index contributed by atoms with van der Waals surface area (Å²) in [5.41, 5.74) is 1.50. The molecule has 1 aromatic carbocycles. The molecule has 3 N–H and O–H groups in total. The topological polar surface area (TPSA) is 91.3 Å². The van der Waals surface area contributed by atoms with Crippen molar-refractivity contribution in [3.8, 4) is 5.75 Å². The molecule has 0 atom stereocenters. The molecule has 1 heterocycles. The van der Waals surface area contributed by atoms with Gasteiger partial charge in [-0.2, -0.15) is 0 Å². The third-order valence-corrected chi connectivity index (χ3v) is 2.90. The molecule has 0 spiro atoms. The quantitative estimate of drug-likeness (QED) is 0.800. The third-order valence-electron chi connectivity index (χ3n) is 2.90. The van der Waals surface area contributed by atoms with E-state index in [2.05, 4.69) is 15.6 Å². The molecule has 1 aromatic heterocycles. The van der Waals surface area contributed by atoms with Gasteiger partial charge in [0.25, 0.3) is 11.8 Å². The molecular weight excluding hydrogens is 270 g/mol. The minimum absolute atomic E-state index is 0.0964. The van der Waals surface area contributed by atoms with Crippen molar-refractivity contribution >= 4 is 17.5 Å². The van der Waals surface area contributed by atoms with Crippen LogP contribution in [0.1, 0.15) is 26.4 Å². The predicted molar refractivity (Wildman–Crippen MR) is 78.4 cm³/mol. The molecule has 0 unspecified atom stereocenters. The Morgan fingerprint density at radius 1 is 1.19 bits per heavy atom. The van der Waals surface area contributed by atoms with Crippen LogP contribution in [0, 0.1) is 6.92 Å². The summed E-state index contributed by atoms with van der Waals surface area (Å²) in [5.74, 6) is -1.11. The summed E-state index contributed by atoms with van der Waals surface area (Å²) in [7, 11) is 1.51. The summed E-state index contributed by atoms with van der Waals surface area (Å²) in [6, 6.07) is 7.98. The number of hydrogen-bond acceptors (Lipinski definition) is 4. The van der Waals surface area contributed by atoms with Gasteiger partial charge < -0.3 is 15.7 Å².